The molecule has 0 aromatic carbocycles. The molecule has 0 aromatic heterocycles. The standard InChI is InChI=1S/C10H18N2O2/c13-10(12-9-6-14-7-9)4-8-2-1-3-11-5-8/h8-9,11H,1-7H2,(H,12,13). The molecule has 1 unspecified atom stereocenters. The average Bonchev–Trinajstić information content (AvgIpc) is 2.13. The lowest BCUT2D eigenvalue weighted by atomic mass is 9.96. The van der Waals surface area contributed by atoms with Gasteiger partial charge < -0.3 is 15.4 Å². The highest BCUT2D eigenvalue weighted by Crippen LogP contribution is 2.14. The normalized spacial score (nSPS) is 28.1. The minimum absolute atomic E-state index is 0.187. The van der Waals surface area contributed by atoms with Crippen LogP contribution in [0.1, 0.15) is 19.3 Å². The number of nitrogens with one attached hydrogen (secondary N) is 2. The van der Waals surface area contributed by atoms with Crippen molar-refractivity contribution in [3.8, 4) is 0 Å². The molecule has 2 aliphatic heterocycles. The Labute approximate surface area is 84.4 Å². The van der Waals surface area contributed by atoms with Crippen molar-refractivity contribution in [2.24, 2.45) is 5.92 Å². The molecule has 0 saturated carbocycles. The van der Waals surface area contributed by atoms with E-state index in [1.165, 1.54) is 12.8 Å². The highest BCUT2D eigenvalue weighted by Gasteiger charge is 2.22. The first-order valence-corrected chi connectivity index (χ1v) is 5.42. The van der Waals surface area contributed by atoms with Crippen LogP contribution in [-0.2, 0) is 9.53 Å². The Bertz CT molecular complexity index is 198. The van der Waals surface area contributed by atoms with Gasteiger partial charge in [-0.15, -0.1) is 0 Å². The number of amides is 1. The van der Waals surface area contributed by atoms with Crippen molar-refractivity contribution in [2.75, 3.05) is 26.3 Å². The van der Waals surface area contributed by atoms with Crippen LogP contribution >= 0.6 is 0 Å². The van der Waals surface area contributed by atoms with Gasteiger partial charge in [0.05, 0.1) is 19.3 Å². The number of carbonyl (C=O) groups is 1. The third-order valence-corrected chi connectivity index (χ3v) is 2.88. The van der Waals surface area contributed by atoms with Gasteiger partial charge in [-0.25, -0.2) is 0 Å². The highest BCUT2D eigenvalue weighted by molar-refractivity contribution is 5.76. The van der Waals surface area contributed by atoms with Gasteiger partial charge in [0, 0.05) is 6.42 Å². The van der Waals surface area contributed by atoms with E-state index in [0.717, 1.165) is 13.1 Å². The molecule has 0 radical (unpaired) electrons. The molecular weight excluding hydrogens is 180 g/mol. The van der Waals surface area contributed by atoms with E-state index in [1.807, 2.05) is 0 Å². The van der Waals surface area contributed by atoms with Crippen molar-refractivity contribution < 1.29 is 9.53 Å². The number of piperidine rings is 1. The van der Waals surface area contributed by atoms with Crippen LogP contribution in [-0.4, -0.2) is 38.3 Å². The van der Waals surface area contributed by atoms with Crippen molar-refractivity contribution in [3.63, 3.8) is 0 Å². The topological polar surface area (TPSA) is 50.4 Å². The third-order valence-electron chi connectivity index (χ3n) is 2.88. The van der Waals surface area contributed by atoms with Gasteiger partial charge in [0.2, 0.25) is 5.91 Å². The lowest BCUT2D eigenvalue weighted by molar-refractivity contribution is -0.126. The van der Waals surface area contributed by atoms with E-state index in [9.17, 15) is 4.79 Å². The molecule has 2 saturated heterocycles. The molecule has 1 atom stereocenters. The molecule has 2 rings (SSSR count). The Balaban J connectivity index is 1.64. The average molecular weight is 198 g/mol. The maximum Gasteiger partial charge on any atom is 0.220 e. The van der Waals surface area contributed by atoms with Gasteiger partial charge in [0.25, 0.3) is 0 Å². The van der Waals surface area contributed by atoms with Crippen molar-refractivity contribution in [2.45, 2.75) is 25.3 Å². The fourth-order valence-corrected chi connectivity index (χ4v) is 1.97. The molecule has 2 heterocycles. The van der Waals surface area contributed by atoms with Crippen LogP contribution < -0.4 is 10.6 Å². The van der Waals surface area contributed by atoms with E-state index in [1.54, 1.807) is 0 Å². The SMILES string of the molecule is O=C(CC1CCCNC1)NC1COC1. The van der Waals surface area contributed by atoms with Gasteiger partial charge in [-0.2, -0.15) is 0 Å². The number of hydrogen-bond donors (Lipinski definition) is 2. The molecule has 0 aliphatic carbocycles. The second-order valence-electron chi connectivity index (χ2n) is 4.22. The highest BCUT2D eigenvalue weighted by atomic mass is 16.5. The van der Waals surface area contributed by atoms with Gasteiger partial charge in [-0.1, -0.05) is 0 Å². The summed E-state index contributed by atoms with van der Waals surface area (Å²) in [6.07, 6.45) is 3.05. The Kier molecular flexibility index (Phi) is 3.37. The van der Waals surface area contributed by atoms with Gasteiger partial charge in [-0.05, 0) is 31.8 Å². The largest absolute Gasteiger partial charge is 0.377 e. The summed E-state index contributed by atoms with van der Waals surface area (Å²) >= 11 is 0. The van der Waals surface area contributed by atoms with E-state index in [-0.39, 0.29) is 11.9 Å². The fourth-order valence-electron chi connectivity index (χ4n) is 1.97. The minimum atomic E-state index is 0.187. The molecule has 2 N–H and O–H groups in total. The van der Waals surface area contributed by atoms with E-state index in [4.69, 9.17) is 4.74 Å². The number of ether oxygens (including phenoxy) is 1. The van der Waals surface area contributed by atoms with Crippen LogP contribution in [0.25, 0.3) is 0 Å². The lowest BCUT2D eigenvalue weighted by Crippen LogP contribution is -2.49. The molecule has 0 bridgehead atoms. The molecule has 2 fully saturated rings. The summed E-state index contributed by atoms with van der Waals surface area (Å²) in [6, 6.07) is 0.277. The van der Waals surface area contributed by atoms with Gasteiger partial charge in [-0.3, -0.25) is 4.79 Å². The summed E-state index contributed by atoms with van der Waals surface area (Å²) in [5, 5.41) is 6.29. The fraction of sp³-hybridized carbons (Fsp3) is 0.900. The lowest BCUT2D eigenvalue weighted by Gasteiger charge is -2.28. The van der Waals surface area contributed by atoms with Gasteiger partial charge in [0.1, 0.15) is 0 Å². The Hall–Kier alpha value is -0.610. The monoisotopic (exact) mass is 198 g/mol. The van der Waals surface area contributed by atoms with Crippen LogP contribution in [0.2, 0.25) is 0 Å². The summed E-state index contributed by atoms with van der Waals surface area (Å²) in [4.78, 5) is 11.5. The summed E-state index contributed by atoms with van der Waals surface area (Å²) in [7, 11) is 0. The summed E-state index contributed by atoms with van der Waals surface area (Å²) < 4.78 is 5.00. The summed E-state index contributed by atoms with van der Waals surface area (Å²) in [6.45, 7) is 3.48. The van der Waals surface area contributed by atoms with Crippen molar-refractivity contribution in [1.29, 1.82) is 0 Å². The van der Waals surface area contributed by atoms with E-state index >= 15 is 0 Å². The number of hydrogen-bond acceptors (Lipinski definition) is 3. The second-order valence-corrected chi connectivity index (χ2v) is 4.22. The molecule has 2 aliphatic rings. The van der Waals surface area contributed by atoms with Crippen LogP contribution in [0.3, 0.4) is 0 Å². The van der Waals surface area contributed by atoms with Crippen molar-refractivity contribution >= 4 is 5.91 Å². The smallest absolute Gasteiger partial charge is 0.220 e. The maximum absolute atomic E-state index is 11.5. The van der Waals surface area contributed by atoms with E-state index in [0.29, 0.717) is 25.6 Å². The van der Waals surface area contributed by atoms with Crippen molar-refractivity contribution in [1.82, 2.24) is 10.6 Å². The van der Waals surface area contributed by atoms with Crippen LogP contribution in [0.4, 0.5) is 0 Å². The molecule has 0 aromatic rings. The number of carbonyl (C=O) groups excluding carboxylic acids is 1. The predicted molar refractivity (Wildman–Crippen MR) is 53.0 cm³/mol. The minimum Gasteiger partial charge on any atom is -0.377 e. The first-order valence-electron chi connectivity index (χ1n) is 5.42. The Morgan fingerprint density at radius 2 is 2.36 bits per heavy atom. The third kappa shape index (κ3) is 2.69. The molecule has 0 spiro atoms. The van der Waals surface area contributed by atoms with Crippen LogP contribution in [0, 0.1) is 5.92 Å². The molecular formula is C10H18N2O2. The molecule has 4 nitrogen and oxygen atoms in total. The summed E-state index contributed by atoms with van der Waals surface area (Å²) in [5.74, 6) is 0.719. The Morgan fingerprint density at radius 3 is 2.93 bits per heavy atom. The quantitative estimate of drug-likeness (QED) is 0.665. The zero-order valence-electron chi connectivity index (χ0n) is 8.42. The summed E-state index contributed by atoms with van der Waals surface area (Å²) in [5.41, 5.74) is 0. The van der Waals surface area contributed by atoms with Gasteiger partial charge in [0.15, 0.2) is 0 Å². The molecule has 14 heavy (non-hydrogen) atoms. The van der Waals surface area contributed by atoms with Crippen molar-refractivity contribution in [3.05, 3.63) is 0 Å². The first kappa shape index (κ1) is 9.93. The first-order chi connectivity index (χ1) is 6.84. The maximum atomic E-state index is 11.5. The van der Waals surface area contributed by atoms with E-state index < -0.39 is 0 Å². The van der Waals surface area contributed by atoms with Gasteiger partial charge >= 0.3 is 0 Å². The Morgan fingerprint density at radius 1 is 1.50 bits per heavy atom. The zero-order valence-corrected chi connectivity index (χ0v) is 8.42. The van der Waals surface area contributed by atoms with Crippen LogP contribution in [0.5, 0.6) is 0 Å². The molecule has 80 valence electrons. The number of rotatable bonds is 3. The zero-order chi connectivity index (χ0) is 9.80. The molecule has 4 heteroatoms. The van der Waals surface area contributed by atoms with Crippen LogP contribution in [0.15, 0.2) is 0 Å². The van der Waals surface area contributed by atoms with E-state index in [2.05, 4.69) is 10.6 Å². The second kappa shape index (κ2) is 4.75. The molecule has 1 amide bonds. The predicted octanol–water partition coefficient (Wildman–Crippen LogP) is -0.109.